The SMILES string of the molecule is [B]C([B])(c1ncccc1C=O)N(C)Cc1c(C)cc(-c2ccc(Cl)c(N)c2C=NC)cc1F. The van der Waals surface area contributed by atoms with Gasteiger partial charge in [0.15, 0.2) is 6.29 Å². The van der Waals surface area contributed by atoms with Gasteiger partial charge in [-0.2, -0.15) is 0 Å². The van der Waals surface area contributed by atoms with Crippen LogP contribution in [-0.2, 0) is 11.9 Å². The first-order chi connectivity index (χ1) is 15.6. The number of aryl methyl sites for hydroxylation is 1. The molecule has 3 aromatic rings. The van der Waals surface area contributed by atoms with Crippen LogP contribution in [0.25, 0.3) is 11.1 Å². The summed E-state index contributed by atoms with van der Waals surface area (Å²) in [6.07, 6.45) is 3.74. The molecule has 0 spiro atoms. The average Bonchev–Trinajstić information content (AvgIpc) is 2.79. The van der Waals surface area contributed by atoms with Crippen molar-refractivity contribution in [3.8, 4) is 11.1 Å². The van der Waals surface area contributed by atoms with Crippen molar-refractivity contribution in [2.24, 2.45) is 4.99 Å². The minimum atomic E-state index is -1.59. The number of benzene rings is 2. The van der Waals surface area contributed by atoms with E-state index < -0.39 is 11.2 Å². The Morgan fingerprint density at radius 3 is 2.67 bits per heavy atom. The Bertz CT molecular complexity index is 1210. The Balaban J connectivity index is 2.00. The van der Waals surface area contributed by atoms with Crippen molar-refractivity contribution in [1.82, 2.24) is 9.88 Å². The second-order valence-corrected chi connectivity index (χ2v) is 8.21. The Morgan fingerprint density at radius 1 is 1.30 bits per heavy atom. The monoisotopic (exact) mass is 458 g/mol. The minimum Gasteiger partial charge on any atom is -0.397 e. The van der Waals surface area contributed by atoms with E-state index >= 15 is 4.39 Å². The molecule has 4 radical (unpaired) electrons. The molecule has 0 fully saturated rings. The summed E-state index contributed by atoms with van der Waals surface area (Å²) in [6.45, 7) is 1.89. The van der Waals surface area contributed by atoms with Crippen LogP contribution in [0.1, 0.15) is 32.7 Å². The summed E-state index contributed by atoms with van der Waals surface area (Å²) in [5.41, 5.74) is 10.0. The van der Waals surface area contributed by atoms with Gasteiger partial charge in [0.1, 0.15) is 5.82 Å². The lowest BCUT2D eigenvalue weighted by Gasteiger charge is -2.37. The third-order valence-electron chi connectivity index (χ3n) is 5.59. The molecule has 1 heterocycles. The van der Waals surface area contributed by atoms with Gasteiger partial charge in [0.2, 0.25) is 0 Å². The Morgan fingerprint density at radius 2 is 2.03 bits per heavy atom. The van der Waals surface area contributed by atoms with Crippen LogP contribution < -0.4 is 5.73 Å². The second-order valence-electron chi connectivity index (χ2n) is 7.80. The number of aliphatic imine (C=N–C) groups is 1. The van der Waals surface area contributed by atoms with Gasteiger partial charge in [-0.05, 0) is 60.3 Å². The first-order valence-electron chi connectivity index (χ1n) is 10.1. The molecule has 0 saturated carbocycles. The smallest absolute Gasteiger partial charge is 0.151 e. The van der Waals surface area contributed by atoms with Gasteiger partial charge < -0.3 is 10.6 Å². The molecule has 0 unspecified atom stereocenters. The molecule has 0 atom stereocenters. The minimum absolute atomic E-state index is 0.0891. The summed E-state index contributed by atoms with van der Waals surface area (Å²) in [5, 5.41) is -1.19. The molecule has 9 heteroatoms. The van der Waals surface area contributed by atoms with Crippen LogP contribution in [0.4, 0.5) is 10.1 Å². The summed E-state index contributed by atoms with van der Waals surface area (Å²) in [7, 11) is 15.9. The fraction of sp³-hybridized carbons (Fsp3) is 0.208. The van der Waals surface area contributed by atoms with Crippen molar-refractivity contribution in [3.05, 3.63) is 81.4 Å². The molecule has 33 heavy (non-hydrogen) atoms. The first kappa shape index (κ1) is 24.7. The molecular weight excluding hydrogens is 436 g/mol. The van der Waals surface area contributed by atoms with Gasteiger partial charge in [-0.1, -0.05) is 23.7 Å². The molecule has 1 aromatic heterocycles. The number of halogens is 2. The number of pyridine rings is 1. The highest BCUT2D eigenvalue weighted by molar-refractivity contribution is 6.39. The number of aromatic nitrogens is 1. The van der Waals surface area contributed by atoms with Crippen molar-refractivity contribution in [2.75, 3.05) is 19.8 Å². The zero-order valence-electron chi connectivity index (χ0n) is 18.6. The Kier molecular flexibility index (Phi) is 7.40. The Hall–Kier alpha value is -2.96. The number of carbonyl (C=O) groups is 1. The van der Waals surface area contributed by atoms with Crippen LogP contribution >= 0.6 is 11.6 Å². The zero-order valence-corrected chi connectivity index (χ0v) is 19.4. The lowest BCUT2D eigenvalue weighted by molar-refractivity contribution is 0.112. The first-order valence-corrected chi connectivity index (χ1v) is 10.5. The maximum Gasteiger partial charge on any atom is 0.151 e. The van der Waals surface area contributed by atoms with Crippen molar-refractivity contribution in [2.45, 2.75) is 18.8 Å². The van der Waals surface area contributed by atoms with Gasteiger partial charge in [0.05, 0.1) is 32.1 Å². The van der Waals surface area contributed by atoms with E-state index in [0.29, 0.717) is 44.8 Å². The molecule has 0 saturated heterocycles. The normalized spacial score (nSPS) is 11.9. The summed E-state index contributed by atoms with van der Waals surface area (Å²) in [5.74, 6) is -0.433. The summed E-state index contributed by atoms with van der Waals surface area (Å²) < 4.78 is 15.3. The van der Waals surface area contributed by atoms with Gasteiger partial charge in [-0.25, -0.2) is 4.39 Å². The van der Waals surface area contributed by atoms with E-state index in [2.05, 4.69) is 9.98 Å². The largest absolute Gasteiger partial charge is 0.397 e. The van der Waals surface area contributed by atoms with Crippen LogP contribution in [0.15, 0.2) is 47.6 Å². The molecule has 5 nitrogen and oxygen atoms in total. The van der Waals surface area contributed by atoms with Gasteiger partial charge in [-0.3, -0.25) is 14.8 Å². The Labute approximate surface area is 200 Å². The van der Waals surface area contributed by atoms with Crippen LogP contribution in [0.2, 0.25) is 5.02 Å². The number of hydrogen-bond acceptors (Lipinski definition) is 5. The maximum atomic E-state index is 15.3. The number of hydrogen-bond donors (Lipinski definition) is 1. The van der Waals surface area contributed by atoms with Crippen LogP contribution in [-0.4, -0.2) is 52.2 Å². The molecule has 0 bridgehead atoms. The van der Waals surface area contributed by atoms with Crippen LogP contribution in [0.5, 0.6) is 0 Å². The van der Waals surface area contributed by atoms with Gasteiger partial charge in [0.25, 0.3) is 0 Å². The third kappa shape index (κ3) is 4.87. The molecular formula is C24H22B2ClFN4O. The molecule has 2 aromatic carbocycles. The van der Waals surface area contributed by atoms with Gasteiger partial charge >= 0.3 is 0 Å². The number of aldehydes is 1. The fourth-order valence-corrected chi connectivity index (χ4v) is 3.82. The van der Waals surface area contributed by atoms with E-state index in [1.165, 1.54) is 12.3 Å². The molecule has 0 aliphatic heterocycles. The highest BCUT2D eigenvalue weighted by atomic mass is 35.5. The van der Waals surface area contributed by atoms with E-state index in [0.717, 1.165) is 0 Å². The van der Waals surface area contributed by atoms with Crippen LogP contribution in [0, 0.1) is 12.7 Å². The van der Waals surface area contributed by atoms with E-state index in [1.807, 2.05) is 6.07 Å². The standard InChI is InChI=1S/C24H22B2ClFN4O/c1-14-9-16(17-6-7-20(27)22(29)18(17)11-30-2)10-21(28)19(14)12-32(3)24(25,26)23-15(13-33)5-4-8-31-23/h4-11,13H,12,29H2,1-3H3. The van der Waals surface area contributed by atoms with Crippen molar-refractivity contribution in [3.63, 3.8) is 0 Å². The average molecular weight is 459 g/mol. The lowest BCUT2D eigenvalue weighted by Crippen LogP contribution is -2.46. The molecule has 164 valence electrons. The quantitative estimate of drug-likeness (QED) is 0.253. The number of rotatable bonds is 7. The van der Waals surface area contributed by atoms with Crippen molar-refractivity contribution < 1.29 is 9.18 Å². The maximum absolute atomic E-state index is 15.3. The molecule has 0 aliphatic carbocycles. The van der Waals surface area contributed by atoms with E-state index in [1.54, 1.807) is 56.4 Å². The number of nitrogen functional groups attached to an aromatic ring is 1. The topological polar surface area (TPSA) is 71.6 Å². The van der Waals surface area contributed by atoms with E-state index in [9.17, 15) is 4.79 Å². The van der Waals surface area contributed by atoms with Crippen LogP contribution in [0.3, 0.4) is 0 Å². The van der Waals surface area contributed by atoms with Crippen molar-refractivity contribution in [1.29, 1.82) is 0 Å². The van der Waals surface area contributed by atoms with Gasteiger partial charge in [-0.15, -0.1) is 0 Å². The number of carbonyl (C=O) groups excluding carboxylic acids is 1. The molecule has 2 N–H and O–H groups in total. The number of nitrogens with zero attached hydrogens (tertiary/aromatic N) is 3. The molecule has 0 aliphatic rings. The highest BCUT2D eigenvalue weighted by Crippen LogP contribution is 2.34. The van der Waals surface area contributed by atoms with E-state index in [-0.39, 0.29) is 17.8 Å². The molecule has 0 amide bonds. The number of nitrogens with two attached hydrogens (primary N) is 1. The molecule has 3 rings (SSSR count). The lowest BCUT2D eigenvalue weighted by atomic mass is 9.58. The fourth-order valence-electron chi connectivity index (χ4n) is 3.66. The predicted molar refractivity (Wildman–Crippen MR) is 134 cm³/mol. The van der Waals surface area contributed by atoms with Crippen molar-refractivity contribution >= 4 is 45.5 Å². The summed E-state index contributed by atoms with van der Waals surface area (Å²) >= 11 is 6.15. The van der Waals surface area contributed by atoms with E-state index in [4.69, 9.17) is 33.0 Å². The third-order valence-corrected chi connectivity index (χ3v) is 5.92. The summed E-state index contributed by atoms with van der Waals surface area (Å²) in [4.78, 5) is 21.2. The summed E-state index contributed by atoms with van der Waals surface area (Å²) in [6, 6.07) is 9.93. The van der Waals surface area contributed by atoms with Gasteiger partial charge in [0, 0.05) is 42.7 Å². The number of anilines is 1. The highest BCUT2D eigenvalue weighted by Gasteiger charge is 2.29. The zero-order chi connectivity index (χ0) is 24.3. The predicted octanol–water partition coefficient (Wildman–Crippen LogP) is 3.87. The second kappa shape index (κ2) is 9.89.